The van der Waals surface area contributed by atoms with Crippen LogP contribution >= 0.6 is 11.6 Å². The number of aromatic nitrogens is 1. The highest BCUT2D eigenvalue weighted by atomic mass is 35.5. The predicted octanol–water partition coefficient (Wildman–Crippen LogP) is 4.76. The third-order valence-electron chi connectivity index (χ3n) is 4.67. The molecule has 2 N–H and O–H groups in total. The Labute approximate surface area is 133 Å². The number of nitrogens with one attached hydrogen (secondary N) is 2. The van der Waals surface area contributed by atoms with E-state index in [0.717, 1.165) is 27.9 Å². The van der Waals surface area contributed by atoms with Crippen LogP contribution in [0, 0.1) is 5.82 Å². The summed E-state index contributed by atoms with van der Waals surface area (Å²) in [4.78, 5) is 3.25. The number of benzene rings is 2. The molecule has 22 heavy (non-hydrogen) atoms. The van der Waals surface area contributed by atoms with Gasteiger partial charge in [0.15, 0.2) is 0 Å². The van der Waals surface area contributed by atoms with Crippen molar-refractivity contribution in [2.45, 2.75) is 18.4 Å². The van der Waals surface area contributed by atoms with Crippen LogP contribution in [0.3, 0.4) is 0 Å². The number of aromatic amines is 1. The summed E-state index contributed by atoms with van der Waals surface area (Å²) in [6, 6.07) is 11.2. The zero-order valence-corrected chi connectivity index (χ0v) is 12.9. The van der Waals surface area contributed by atoms with Crippen molar-refractivity contribution in [3.63, 3.8) is 0 Å². The van der Waals surface area contributed by atoms with Crippen molar-refractivity contribution >= 4 is 22.5 Å². The van der Waals surface area contributed by atoms with Gasteiger partial charge in [-0.3, -0.25) is 0 Å². The van der Waals surface area contributed by atoms with Gasteiger partial charge >= 0.3 is 0 Å². The molecule has 1 aromatic heterocycles. The SMILES string of the molecule is CNC1CC(c2c[nH]c3ccc(F)cc23)c2ccc(Cl)cc21. The molecule has 4 heteroatoms. The van der Waals surface area contributed by atoms with Crippen molar-refractivity contribution in [2.75, 3.05) is 7.05 Å². The van der Waals surface area contributed by atoms with Gasteiger partial charge in [-0.1, -0.05) is 17.7 Å². The first-order chi connectivity index (χ1) is 10.7. The molecule has 0 aliphatic heterocycles. The van der Waals surface area contributed by atoms with Crippen LogP contribution in [0.15, 0.2) is 42.6 Å². The van der Waals surface area contributed by atoms with Gasteiger partial charge in [-0.2, -0.15) is 0 Å². The number of hydrogen-bond acceptors (Lipinski definition) is 1. The minimum atomic E-state index is -0.201. The lowest BCUT2D eigenvalue weighted by atomic mass is 9.92. The smallest absolute Gasteiger partial charge is 0.123 e. The third kappa shape index (κ3) is 2.04. The van der Waals surface area contributed by atoms with E-state index in [1.54, 1.807) is 12.1 Å². The molecule has 0 bridgehead atoms. The topological polar surface area (TPSA) is 27.8 Å². The van der Waals surface area contributed by atoms with E-state index in [4.69, 9.17) is 11.6 Å². The van der Waals surface area contributed by atoms with Crippen LogP contribution in [0.1, 0.15) is 35.1 Å². The Hall–Kier alpha value is -1.84. The van der Waals surface area contributed by atoms with E-state index in [9.17, 15) is 4.39 Å². The fourth-order valence-electron chi connectivity index (χ4n) is 3.62. The first-order valence-electron chi connectivity index (χ1n) is 7.40. The molecule has 1 aliphatic rings. The minimum absolute atomic E-state index is 0.201. The van der Waals surface area contributed by atoms with E-state index >= 15 is 0 Å². The summed E-state index contributed by atoms with van der Waals surface area (Å²) >= 11 is 6.15. The van der Waals surface area contributed by atoms with Gasteiger partial charge < -0.3 is 10.3 Å². The summed E-state index contributed by atoms with van der Waals surface area (Å²) < 4.78 is 13.6. The lowest BCUT2D eigenvalue weighted by Gasteiger charge is -2.11. The second-order valence-electron chi connectivity index (χ2n) is 5.84. The predicted molar refractivity (Wildman–Crippen MR) is 88.0 cm³/mol. The lowest BCUT2D eigenvalue weighted by molar-refractivity contribution is 0.565. The Bertz CT molecular complexity index is 855. The van der Waals surface area contributed by atoms with Crippen LogP contribution < -0.4 is 5.32 Å². The molecule has 1 aliphatic carbocycles. The van der Waals surface area contributed by atoms with Gasteiger partial charge in [0.25, 0.3) is 0 Å². The normalized spacial score (nSPS) is 20.5. The molecular formula is C18H16ClFN2. The van der Waals surface area contributed by atoms with E-state index in [0.29, 0.717) is 0 Å². The summed E-state index contributed by atoms with van der Waals surface area (Å²) in [6.07, 6.45) is 2.96. The van der Waals surface area contributed by atoms with E-state index in [1.807, 2.05) is 25.4 Å². The summed E-state index contributed by atoms with van der Waals surface area (Å²) in [5, 5.41) is 5.07. The minimum Gasteiger partial charge on any atom is -0.361 e. The maximum absolute atomic E-state index is 13.6. The maximum atomic E-state index is 13.6. The molecule has 3 aromatic rings. The number of H-pyrrole nitrogens is 1. The number of halogens is 2. The highest BCUT2D eigenvalue weighted by Gasteiger charge is 2.32. The first-order valence-corrected chi connectivity index (χ1v) is 7.78. The highest BCUT2D eigenvalue weighted by Crippen LogP contribution is 2.46. The second kappa shape index (κ2) is 5.11. The molecule has 0 fully saturated rings. The standard InChI is InChI=1S/C18H16ClFN2/c1-21-18-8-13(12-4-2-10(19)6-14(12)18)16-9-22-17-5-3-11(20)7-15(16)17/h2-7,9,13,18,21-22H,8H2,1H3. The molecule has 0 spiro atoms. The monoisotopic (exact) mass is 314 g/mol. The second-order valence-corrected chi connectivity index (χ2v) is 6.27. The molecule has 2 atom stereocenters. The maximum Gasteiger partial charge on any atom is 0.123 e. The zero-order chi connectivity index (χ0) is 15.3. The highest BCUT2D eigenvalue weighted by molar-refractivity contribution is 6.30. The van der Waals surface area contributed by atoms with Crippen molar-refractivity contribution in [3.8, 4) is 0 Å². The van der Waals surface area contributed by atoms with E-state index < -0.39 is 0 Å². The fraction of sp³-hybridized carbons (Fsp3) is 0.222. The Morgan fingerprint density at radius 1 is 1.14 bits per heavy atom. The molecule has 1 heterocycles. The Morgan fingerprint density at radius 3 is 2.82 bits per heavy atom. The molecule has 0 saturated carbocycles. The third-order valence-corrected chi connectivity index (χ3v) is 4.91. The van der Waals surface area contributed by atoms with E-state index in [-0.39, 0.29) is 17.8 Å². The van der Waals surface area contributed by atoms with Gasteiger partial charge in [0.1, 0.15) is 5.82 Å². The van der Waals surface area contributed by atoms with E-state index in [2.05, 4.69) is 16.4 Å². The Morgan fingerprint density at radius 2 is 2.00 bits per heavy atom. The van der Waals surface area contributed by atoms with Crippen molar-refractivity contribution in [1.29, 1.82) is 0 Å². The van der Waals surface area contributed by atoms with Crippen LogP contribution in [0.2, 0.25) is 5.02 Å². The van der Waals surface area contributed by atoms with Crippen LogP contribution in [-0.2, 0) is 0 Å². The summed E-state index contributed by atoms with van der Waals surface area (Å²) in [6.45, 7) is 0. The molecule has 2 aromatic carbocycles. The van der Waals surface area contributed by atoms with Gasteiger partial charge in [0, 0.05) is 34.1 Å². The van der Waals surface area contributed by atoms with Crippen LogP contribution in [-0.4, -0.2) is 12.0 Å². The molecule has 4 rings (SSSR count). The van der Waals surface area contributed by atoms with Crippen molar-refractivity contribution < 1.29 is 4.39 Å². The lowest BCUT2D eigenvalue weighted by Crippen LogP contribution is -2.13. The van der Waals surface area contributed by atoms with Gasteiger partial charge in [0.2, 0.25) is 0 Å². The number of fused-ring (bicyclic) bond motifs is 2. The summed E-state index contributed by atoms with van der Waals surface area (Å²) in [5.74, 6) is 0.0492. The number of hydrogen-bond donors (Lipinski definition) is 2. The fourth-order valence-corrected chi connectivity index (χ4v) is 3.81. The largest absolute Gasteiger partial charge is 0.361 e. The Kier molecular flexibility index (Phi) is 3.21. The molecule has 0 amide bonds. The van der Waals surface area contributed by atoms with Crippen molar-refractivity contribution in [3.05, 3.63) is 70.1 Å². The molecule has 112 valence electrons. The summed E-state index contributed by atoms with van der Waals surface area (Å²) in [7, 11) is 1.96. The molecule has 2 unspecified atom stereocenters. The van der Waals surface area contributed by atoms with Gasteiger partial charge in [-0.05, 0) is 60.5 Å². The first kappa shape index (κ1) is 13.8. The quantitative estimate of drug-likeness (QED) is 0.701. The molecular weight excluding hydrogens is 299 g/mol. The Balaban J connectivity index is 1.88. The molecule has 0 saturated heterocycles. The average Bonchev–Trinajstić information content (AvgIpc) is 3.07. The molecule has 0 radical (unpaired) electrons. The van der Waals surface area contributed by atoms with Gasteiger partial charge in [-0.25, -0.2) is 4.39 Å². The van der Waals surface area contributed by atoms with Gasteiger partial charge in [-0.15, -0.1) is 0 Å². The number of rotatable bonds is 2. The van der Waals surface area contributed by atoms with Crippen LogP contribution in [0.4, 0.5) is 4.39 Å². The van der Waals surface area contributed by atoms with Crippen LogP contribution in [0.5, 0.6) is 0 Å². The van der Waals surface area contributed by atoms with Crippen molar-refractivity contribution in [1.82, 2.24) is 10.3 Å². The van der Waals surface area contributed by atoms with Gasteiger partial charge in [0.05, 0.1) is 0 Å². The van der Waals surface area contributed by atoms with Crippen molar-refractivity contribution in [2.24, 2.45) is 0 Å². The van der Waals surface area contributed by atoms with E-state index in [1.165, 1.54) is 17.2 Å². The summed E-state index contributed by atoms with van der Waals surface area (Å²) in [5.41, 5.74) is 4.63. The molecule has 2 nitrogen and oxygen atoms in total. The van der Waals surface area contributed by atoms with Crippen LogP contribution in [0.25, 0.3) is 10.9 Å². The zero-order valence-electron chi connectivity index (χ0n) is 12.2. The average molecular weight is 315 g/mol.